The van der Waals surface area contributed by atoms with E-state index in [1.54, 1.807) is 11.8 Å². The van der Waals surface area contributed by atoms with E-state index in [0.717, 1.165) is 17.9 Å². The third kappa shape index (κ3) is 6.07. The van der Waals surface area contributed by atoms with Gasteiger partial charge in [0.1, 0.15) is 0 Å². The highest BCUT2D eigenvalue weighted by molar-refractivity contribution is 8.00. The Bertz CT molecular complexity index is 399. The fourth-order valence-electron chi connectivity index (χ4n) is 1.47. The van der Waals surface area contributed by atoms with Crippen LogP contribution in [-0.4, -0.2) is 23.0 Å². The summed E-state index contributed by atoms with van der Waals surface area (Å²) in [6, 6.07) is 7.94. The van der Waals surface area contributed by atoms with Gasteiger partial charge in [0.15, 0.2) is 0 Å². The van der Waals surface area contributed by atoms with Crippen molar-refractivity contribution >= 4 is 23.4 Å². The quantitative estimate of drug-likeness (QED) is 0.832. The van der Waals surface area contributed by atoms with E-state index in [-0.39, 0.29) is 11.4 Å². The average molecular weight is 266 g/mol. The fourth-order valence-corrected chi connectivity index (χ4v) is 2.36. The van der Waals surface area contributed by atoms with E-state index >= 15 is 0 Å². The SMILES string of the molecule is CCc1cccc(NC(=O)CSCC(C)(C)N)c1. The largest absolute Gasteiger partial charge is 0.325 e. The molecule has 0 bridgehead atoms. The summed E-state index contributed by atoms with van der Waals surface area (Å²) in [6.07, 6.45) is 0.972. The van der Waals surface area contributed by atoms with Gasteiger partial charge in [-0.15, -0.1) is 0 Å². The predicted octanol–water partition coefficient (Wildman–Crippen LogP) is 2.66. The number of hydrogen-bond donors (Lipinski definition) is 2. The Hall–Kier alpha value is -1.00. The van der Waals surface area contributed by atoms with Crippen LogP contribution in [0.25, 0.3) is 0 Å². The summed E-state index contributed by atoms with van der Waals surface area (Å²) >= 11 is 1.56. The molecule has 0 aliphatic rings. The van der Waals surface area contributed by atoms with Crippen molar-refractivity contribution in [2.45, 2.75) is 32.7 Å². The molecule has 0 aliphatic heterocycles. The fraction of sp³-hybridized carbons (Fsp3) is 0.500. The highest BCUT2D eigenvalue weighted by Gasteiger charge is 2.11. The van der Waals surface area contributed by atoms with Gasteiger partial charge < -0.3 is 11.1 Å². The smallest absolute Gasteiger partial charge is 0.234 e. The average Bonchev–Trinajstić information content (AvgIpc) is 2.27. The molecule has 18 heavy (non-hydrogen) atoms. The number of nitrogens with two attached hydrogens (primary N) is 1. The zero-order valence-electron chi connectivity index (χ0n) is 11.3. The van der Waals surface area contributed by atoms with Gasteiger partial charge in [-0.25, -0.2) is 0 Å². The Labute approximate surface area is 114 Å². The summed E-state index contributed by atoms with van der Waals surface area (Å²) < 4.78 is 0. The maximum atomic E-state index is 11.7. The molecular weight excluding hydrogens is 244 g/mol. The van der Waals surface area contributed by atoms with Crippen LogP contribution < -0.4 is 11.1 Å². The molecule has 0 unspecified atom stereocenters. The van der Waals surface area contributed by atoms with Gasteiger partial charge in [-0.1, -0.05) is 19.1 Å². The normalized spacial score (nSPS) is 11.3. The molecule has 0 saturated heterocycles. The van der Waals surface area contributed by atoms with E-state index in [0.29, 0.717) is 5.75 Å². The lowest BCUT2D eigenvalue weighted by molar-refractivity contribution is -0.113. The van der Waals surface area contributed by atoms with Gasteiger partial charge in [-0.2, -0.15) is 11.8 Å². The molecule has 1 rings (SSSR count). The van der Waals surface area contributed by atoms with E-state index in [1.165, 1.54) is 5.56 Å². The summed E-state index contributed by atoms with van der Waals surface area (Å²) in [5.74, 6) is 1.24. The summed E-state index contributed by atoms with van der Waals surface area (Å²) in [5.41, 5.74) is 7.72. The van der Waals surface area contributed by atoms with Crippen LogP contribution >= 0.6 is 11.8 Å². The monoisotopic (exact) mass is 266 g/mol. The number of aryl methyl sites for hydroxylation is 1. The summed E-state index contributed by atoms with van der Waals surface area (Å²) in [7, 11) is 0. The number of hydrogen-bond acceptors (Lipinski definition) is 3. The molecule has 1 amide bonds. The van der Waals surface area contributed by atoms with Crippen LogP contribution in [-0.2, 0) is 11.2 Å². The highest BCUT2D eigenvalue weighted by Crippen LogP contribution is 2.13. The number of anilines is 1. The standard InChI is InChI=1S/C14H22N2OS/c1-4-11-6-5-7-12(8-11)16-13(17)9-18-10-14(2,3)15/h5-8H,4,9-10,15H2,1-3H3,(H,16,17). The van der Waals surface area contributed by atoms with E-state index in [4.69, 9.17) is 5.73 Å². The van der Waals surface area contributed by atoms with Crippen molar-refractivity contribution in [3.63, 3.8) is 0 Å². The lowest BCUT2D eigenvalue weighted by Crippen LogP contribution is -2.35. The van der Waals surface area contributed by atoms with Crippen LogP contribution in [0.5, 0.6) is 0 Å². The minimum absolute atomic E-state index is 0.0255. The Balaban J connectivity index is 2.40. The first kappa shape index (κ1) is 15.1. The van der Waals surface area contributed by atoms with Crippen molar-refractivity contribution < 1.29 is 4.79 Å². The molecule has 4 heteroatoms. The molecule has 0 fully saturated rings. The van der Waals surface area contributed by atoms with Crippen LogP contribution in [0.4, 0.5) is 5.69 Å². The van der Waals surface area contributed by atoms with Crippen molar-refractivity contribution in [3.05, 3.63) is 29.8 Å². The predicted molar refractivity (Wildman–Crippen MR) is 80.0 cm³/mol. The third-order valence-electron chi connectivity index (χ3n) is 2.33. The number of carbonyl (C=O) groups excluding carboxylic acids is 1. The number of rotatable bonds is 6. The molecule has 0 atom stereocenters. The second-order valence-electron chi connectivity index (χ2n) is 5.08. The molecule has 100 valence electrons. The van der Waals surface area contributed by atoms with Crippen molar-refractivity contribution in [3.8, 4) is 0 Å². The van der Waals surface area contributed by atoms with E-state index < -0.39 is 0 Å². The van der Waals surface area contributed by atoms with Crippen LogP contribution in [0.15, 0.2) is 24.3 Å². The van der Waals surface area contributed by atoms with E-state index in [2.05, 4.69) is 18.3 Å². The molecule has 0 spiro atoms. The second kappa shape index (κ2) is 6.81. The van der Waals surface area contributed by atoms with Crippen molar-refractivity contribution in [1.29, 1.82) is 0 Å². The van der Waals surface area contributed by atoms with Crippen molar-refractivity contribution in [2.24, 2.45) is 5.73 Å². The number of carbonyl (C=O) groups is 1. The number of nitrogens with one attached hydrogen (secondary N) is 1. The first-order valence-corrected chi connectivity index (χ1v) is 7.31. The molecule has 0 heterocycles. The van der Waals surface area contributed by atoms with Crippen LogP contribution in [0.2, 0.25) is 0 Å². The lowest BCUT2D eigenvalue weighted by Gasteiger charge is -2.17. The van der Waals surface area contributed by atoms with Gasteiger partial charge in [0.05, 0.1) is 5.75 Å². The molecular formula is C14H22N2OS. The van der Waals surface area contributed by atoms with Gasteiger partial charge in [0.2, 0.25) is 5.91 Å². The number of amides is 1. The Morgan fingerprint density at radius 3 is 2.78 bits per heavy atom. The molecule has 0 aliphatic carbocycles. The molecule has 0 aromatic heterocycles. The topological polar surface area (TPSA) is 55.1 Å². The van der Waals surface area contributed by atoms with Gasteiger partial charge in [0, 0.05) is 17.0 Å². The van der Waals surface area contributed by atoms with Crippen molar-refractivity contribution in [1.82, 2.24) is 0 Å². The van der Waals surface area contributed by atoms with Crippen LogP contribution in [0, 0.1) is 0 Å². The molecule has 3 nitrogen and oxygen atoms in total. The van der Waals surface area contributed by atoms with Gasteiger partial charge in [-0.3, -0.25) is 4.79 Å². The maximum absolute atomic E-state index is 11.7. The summed E-state index contributed by atoms with van der Waals surface area (Å²) in [5, 5.41) is 2.90. The minimum Gasteiger partial charge on any atom is -0.325 e. The highest BCUT2D eigenvalue weighted by atomic mass is 32.2. The Kier molecular flexibility index (Phi) is 5.69. The summed E-state index contributed by atoms with van der Waals surface area (Å²) in [4.78, 5) is 11.7. The Morgan fingerprint density at radius 2 is 2.17 bits per heavy atom. The molecule has 0 saturated carbocycles. The molecule has 1 aromatic rings. The third-order valence-corrected chi connectivity index (χ3v) is 3.74. The van der Waals surface area contributed by atoms with E-state index in [1.807, 2.05) is 32.0 Å². The number of thioether (sulfide) groups is 1. The number of benzene rings is 1. The summed E-state index contributed by atoms with van der Waals surface area (Å²) in [6.45, 7) is 6.02. The Morgan fingerprint density at radius 1 is 1.44 bits per heavy atom. The zero-order chi connectivity index (χ0) is 13.6. The van der Waals surface area contributed by atoms with E-state index in [9.17, 15) is 4.79 Å². The van der Waals surface area contributed by atoms with Crippen LogP contribution in [0.3, 0.4) is 0 Å². The first-order chi connectivity index (χ1) is 8.40. The second-order valence-corrected chi connectivity index (χ2v) is 6.07. The first-order valence-electron chi connectivity index (χ1n) is 6.16. The maximum Gasteiger partial charge on any atom is 0.234 e. The van der Waals surface area contributed by atoms with Gasteiger partial charge in [-0.05, 0) is 38.0 Å². The van der Waals surface area contributed by atoms with Crippen molar-refractivity contribution in [2.75, 3.05) is 16.8 Å². The lowest BCUT2D eigenvalue weighted by atomic mass is 10.1. The van der Waals surface area contributed by atoms with Gasteiger partial charge in [0.25, 0.3) is 0 Å². The minimum atomic E-state index is -0.229. The van der Waals surface area contributed by atoms with Gasteiger partial charge >= 0.3 is 0 Å². The molecule has 1 aromatic carbocycles. The van der Waals surface area contributed by atoms with Crippen LogP contribution in [0.1, 0.15) is 26.3 Å². The molecule has 3 N–H and O–H groups in total. The zero-order valence-corrected chi connectivity index (χ0v) is 12.1. The molecule has 0 radical (unpaired) electrons.